The number of amides is 2. The second-order valence-corrected chi connectivity index (χ2v) is 5.99. The first-order valence-corrected chi connectivity index (χ1v) is 8.08. The van der Waals surface area contributed by atoms with Crippen LogP contribution in [0.5, 0.6) is 5.75 Å². The Hall–Kier alpha value is -3.14. The molecule has 7 nitrogen and oxygen atoms in total. The maximum atomic E-state index is 12.6. The molecule has 1 atom stereocenters. The zero-order valence-electron chi connectivity index (χ0n) is 13.8. The molecule has 3 rings (SSSR count). The Morgan fingerprint density at radius 2 is 2.20 bits per heavy atom. The lowest BCUT2D eigenvalue weighted by atomic mass is 10.1. The number of nitriles is 1. The Morgan fingerprint density at radius 1 is 1.44 bits per heavy atom. The van der Waals surface area contributed by atoms with Gasteiger partial charge in [0.1, 0.15) is 11.8 Å². The topological polar surface area (TPSA) is 106 Å². The fourth-order valence-electron chi connectivity index (χ4n) is 3.10. The number of hydrogen-bond acceptors (Lipinski definition) is 5. The summed E-state index contributed by atoms with van der Waals surface area (Å²) in [5.74, 6) is -1.04. The van der Waals surface area contributed by atoms with Crippen LogP contribution in [-0.2, 0) is 4.79 Å². The Morgan fingerprint density at radius 3 is 2.96 bits per heavy atom. The van der Waals surface area contributed by atoms with Gasteiger partial charge in [-0.1, -0.05) is 18.2 Å². The van der Waals surface area contributed by atoms with Crippen LogP contribution in [0.25, 0.3) is 10.9 Å². The van der Waals surface area contributed by atoms with Crippen LogP contribution < -0.4 is 5.32 Å². The number of pyridine rings is 1. The number of likely N-dealkylation sites (tertiary alicyclic amines) is 1. The zero-order chi connectivity index (χ0) is 18.0. The largest absolute Gasteiger partial charge is 0.505 e. The van der Waals surface area contributed by atoms with Crippen LogP contribution in [0.4, 0.5) is 0 Å². The molecule has 1 aliphatic heterocycles. The van der Waals surface area contributed by atoms with E-state index < -0.39 is 11.9 Å². The van der Waals surface area contributed by atoms with Crippen molar-refractivity contribution in [3.05, 3.63) is 35.5 Å². The van der Waals surface area contributed by atoms with Gasteiger partial charge < -0.3 is 15.3 Å². The number of benzene rings is 1. The minimum Gasteiger partial charge on any atom is -0.505 e. The average molecular weight is 338 g/mol. The fourth-order valence-corrected chi connectivity index (χ4v) is 3.10. The molecule has 0 aliphatic carbocycles. The summed E-state index contributed by atoms with van der Waals surface area (Å²) in [4.78, 5) is 30.6. The van der Waals surface area contributed by atoms with Gasteiger partial charge in [-0.2, -0.15) is 5.26 Å². The van der Waals surface area contributed by atoms with Crippen LogP contribution in [0, 0.1) is 18.3 Å². The molecule has 0 unspecified atom stereocenters. The Bertz CT molecular complexity index is 888. The van der Waals surface area contributed by atoms with E-state index in [1.165, 1.54) is 4.90 Å². The lowest BCUT2D eigenvalue weighted by Crippen LogP contribution is -2.42. The van der Waals surface area contributed by atoms with E-state index >= 15 is 0 Å². The summed E-state index contributed by atoms with van der Waals surface area (Å²) >= 11 is 0. The van der Waals surface area contributed by atoms with Crippen molar-refractivity contribution in [2.24, 2.45) is 0 Å². The van der Waals surface area contributed by atoms with E-state index in [4.69, 9.17) is 5.26 Å². The van der Waals surface area contributed by atoms with Crippen molar-refractivity contribution in [3.63, 3.8) is 0 Å². The van der Waals surface area contributed by atoms with Crippen molar-refractivity contribution in [2.75, 3.05) is 13.1 Å². The molecule has 2 aromatic rings. The second kappa shape index (κ2) is 6.77. The van der Waals surface area contributed by atoms with Gasteiger partial charge in [-0.05, 0) is 25.8 Å². The summed E-state index contributed by atoms with van der Waals surface area (Å²) in [6.07, 6.45) is 1.44. The molecule has 0 saturated carbocycles. The molecule has 1 fully saturated rings. The van der Waals surface area contributed by atoms with E-state index in [2.05, 4.69) is 16.4 Å². The lowest BCUT2D eigenvalue weighted by molar-refractivity contribution is -0.130. The van der Waals surface area contributed by atoms with Gasteiger partial charge in [0, 0.05) is 11.9 Å². The van der Waals surface area contributed by atoms with Crippen LogP contribution in [0.2, 0.25) is 0 Å². The first-order chi connectivity index (χ1) is 12.0. The number of carbonyl (C=O) groups is 2. The Kier molecular flexibility index (Phi) is 4.52. The Balaban J connectivity index is 1.80. The van der Waals surface area contributed by atoms with E-state index in [0.29, 0.717) is 29.6 Å². The molecule has 2 N–H and O–H groups in total. The van der Waals surface area contributed by atoms with E-state index in [9.17, 15) is 14.7 Å². The number of nitrogens with zero attached hydrogens (tertiary/aromatic N) is 3. The highest BCUT2D eigenvalue weighted by atomic mass is 16.3. The van der Waals surface area contributed by atoms with Crippen molar-refractivity contribution < 1.29 is 14.7 Å². The van der Waals surface area contributed by atoms with Crippen molar-refractivity contribution in [1.82, 2.24) is 15.2 Å². The molecule has 0 spiro atoms. The highest BCUT2D eigenvalue weighted by molar-refractivity contribution is 6.09. The predicted molar refractivity (Wildman–Crippen MR) is 90.8 cm³/mol. The Labute approximate surface area is 144 Å². The minimum absolute atomic E-state index is 0.106. The summed E-state index contributed by atoms with van der Waals surface area (Å²) in [7, 11) is 0. The summed E-state index contributed by atoms with van der Waals surface area (Å²) in [6, 6.07) is 8.67. The number of para-hydroxylation sites is 1. The third kappa shape index (κ3) is 3.11. The molecule has 1 saturated heterocycles. The van der Waals surface area contributed by atoms with Crippen molar-refractivity contribution >= 4 is 22.7 Å². The minimum atomic E-state index is -0.541. The average Bonchev–Trinajstić information content (AvgIpc) is 3.09. The third-order valence-electron chi connectivity index (χ3n) is 4.39. The van der Waals surface area contributed by atoms with Crippen LogP contribution in [0.3, 0.4) is 0 Å². The molecule has 1 aliphatic rings. The number of aryl methyl sites for hydroxylation is 1. The predicted octanol–water partition coefficient (Wildman–Crippen LogP) is 1.49. The van der Waals surface area contributed by atoms with Gasteiger partial charge in [-0.3, -0.25) is 9.59 Å². The van der Waals surface area contributed by atoms with Gasteiger partial charge >= 0.3 is 0 Å². The quantitative estimate of drug-likeness (QED) is 0.882. The third-order valence-corrected chi connectivity index (χ3v) is 4.39. The molecule has 2 heterocycles. The molecule has 0 radical (unpaired) electrons. The molecular formula is C18H18N4O3. The first kappa shape index (κ1) is 16.7. The lowest BCUT2D eigenvalue weighted by Gasteiger charge is -2.19. The van der Waals surface area contributed by atoms with E-state index in [-0.39, 0.29) is 23.8 Å². The van der Waals surface area contributed by atoms with Crippen molar-refractivity contribution in [3.8, 4) is 11.8 Å². The standard InChI is InChI=1S/C18H18N4O3/c1-11-17(24)16(13-6-2-3-7-14(13)21-11)18(25)20-10-15(23)22-8-4-5-12(22)9-19/h2-3,6-7,12,24H,4-5,8,10H2,1H3,(H,20,25)/t12-/m0/s1. The van der Waals surface area contributed by atoms with Crippen LogP contribution >= 0.6 is 0 Å². The van der Waals surface area contributed by atoms with Gasteiger partial charge in [0.2, 0.25) is 5.91 Å². The highest BCUT2D eigenvalue weighted by Crippen LogP contribution is 2.28. The zero-order valence-corrected chi connectivity index (χ0v) is 13.8. The maximum Gasteiger partial charge on any atom is 0.256 e. The smallest absolute Gasteiger partial charge is 0.256 e. The van der Waals surface area contributed by atoms with Gasteiger partial charge in [0.05, 0.1) is 29.4 Å². The number of hydrogen-bond donors (Lipinski definition) is 2. The number of fused-ring (bicyclic) bond motifs is 1. The number of aromatic hydroxyl groups is 1. The second-order valence-electron chi connectivity index (χ2n) is 5.99. The molecule has 7 heteroatoms. The van der Waals surface area contributed by atoms with Gasteiger partial charge in [-0.15, -0.1) is 0 Å². The molecule has 128 valence electrons. The van der Waals surface area contributed by atoms with Gasteiger partial charge in [-0.25, -0.2) is 4.98 Å². The fraction of sp³-hybridized carbons (Fsp3) is 0.333. The van der Waals surface area contributed by atoms with E-state index in [1.54, 1.807) is 31.2 Å². The maximum absolute atomic E-state index is 12.6. The number of nitrogens with one attached hydrogen (secondary N) is 1. The molecular weight excluding hydrogens is 320 g/mol. The monoisotopic (exact) mass is 338 g/mol. The normalized spacial score (nSPS) is 16.6. The highest BCUT2D eigenvalue weighted by Gasteiger charge is 2.29. The van der Waals surface area contributed by atoms with Gasteiger partial charge in [0.15, 0.2) is 0 Å². The molecule has 1 aromatic carbocycles. The van der Waals surface area contributed by atoms with Gasteiger partial charge in [0.25, 0.3) is 5.91 Å². The van der Waals surface area contributed by atoms with E-state index in [1.807, 2.05) is 0 Å². The summed E-state index contributed by atoms with van der Waals surface area (Å²) < 4.78 is 0. The summed E-state index contributed by atoms with van der Waals surface area (Å²) in [5.41, 5.74) is 1.05. The van der Waals surface area contributed by atoms with Crippen molar-refractivity contribution in [1.29, 1.82) is 5.26 Å². The molecule has 1 aromatic heterocycles. The number of aromatic nitrogens is 1. The molecule has 2 amide bonds. The number of carbonyl (C=O) groups excluding carboxylic acids is 2. The first-order valence-electron chi connectivity index (χ1n) is 8.08. The SMILES string of the molecule is Cc1nc2ccccc2c(C(=O)NCC(=O)N2CCC[C@H]2C#N)c1O. The van der Waals surface area contributed by atoms with E-state index in [0.717, 1.165) is 6.42 Å². The molecule has 25 heavy (non-hydrogen) atoms. The van der Waals surface area contributed by atoms with Crippen molar-refractivity contribution in [2.45, 2.75) is 25.8 Å². The number of rotatable bonds is 3. The molecule has 0 bridgehead atoms. The summed E-state index contributed by atoms with van der Waals surface area (Å²) in [5, 5.41) is 22.4. The van der Waals surface area contributed by atoms with Crippen LogP contribution in [0.1, 0.15) is 28.9 Å². The van der Waals surface area contributed by atoms with Crippen LogP contribution in [0.15, 0.2) is 24.3 Å². The summed E-state index contributed by atoms with van der Waals surface area (Å²) in [6.45, 7) is 1.92. The van der Waals surface area contributed by atoms with Crippen LogP contribution in [-0.4, -0.2) is 45.9 Å².